The smallest absolute Gasteiger partial charge is 0.411 e. The number of fused-ring (bicyclic) bond motifs is 1. The number of carbonyl (C=O) groups is 2. The molecule has 0 radical (unpaired) electrons. The van der Waals surface area contributed by atoms with Crippen LogP contribution in [-0.4, -0.2) is 64.6 Å². The lowest BCUT2D eigenvalue weighted by Crippen LogP contribution is -2.51. The number of aromatic nitrogens is 5. The highest BCUT2D eigenvalue weighted by molar-refractivity contribution is 5.81. The third-order valence-corrected chi connectivity index (χ3v) is 5.45. The number of likely N-dealkylation sites (tertiary alicyclic amines) is 1. The summed E-state index contributed by atoms with van der Waals surface area (Å²) in [7, 11) is 1.83. The molecule has 1 aliphatic rings. The van der Waals surface area contributed by atoms with E-state index in [4.69, 9.17) is 15.5 Å². The van der Waals surface area contributed by atoms with Gasteiger partial charge in [0.1, 0.15) is 17.5 Å². The Bertz CT molecular complexity index is 1180. The number of carboxylic acids is 1. The lowest BCUT2D eigenvalue weighted by atomic mass is 9.90. The van der Waals surface area contributed by atoms with Gasteiger partial charge in [-0.25, -0.2) is 14.6 Å². The van der Waals surface area contributed by atoms with Crippen LogP contribution in [0.2, 0.25) is 0 Å². The van der Waals surface area contributed by atoms with Crippen LogP contribution in [0.15, 0.2) is 24.7 Å². The molecule has 4 heterocycles. The van der Waals surface area contributed by atoms with Crippen LogP contribution in [0.5, 0.6) is 0 Å². The first-order chi connectivity index (χ1) is 15.0. The molecule has 0 saturated carbocycles. The van der Waals surface area contributed by atoms with E-state index in [0.717, 1.165) is 11.1 Å². The molecule has 3 N–H and O–H groups in total. The van der Waals surface area contributed by atoms with Gasteiger partial charge in [0.2, 0.25) is 0 Å². The molecule has 170 valence electrons. The molecule has 1 aliphatic heterocycles. The van der Waals surface area contributed by atoms with Crippen molar-refractivity contribution < 1.29 is 19.4 Å². The Labute approximate surface area is 184 Å². The monoisotopic (exact) mass is 441 g/mol. The van der Waals surface area contributed by atoms with Crippen molar-refractivity contribution in [2.45, 2.75) is 51.2 Å². The summed E-state index contributed by atoms with van der Waals surface area (Å²) in [4.78, 5) is 30.6. The summed E-state index contributed by atoms with van der Waals surface area (Å²) in [5, 5.41) is 18.2. The molecule has 3 aromatic rings. The van der Waals surface area contributed by atoms with Gasteiger partial charge in [-0.3, -0.25) is 9.58 Å². The van der Waals surface area contributed by atoms with Crippen molar-refractivity contribution in [3.8, 4) is 11.1 Å². The summed E-state index contributed by atoms with van der Waals surface area (Å²) in [5.41, 5.74) is 8.43. The first-order valence-electron chi connectivity index (χ1n) is 10.4. The third-order valence-electron chi connectivity index (χ3n) is 5.45. The van der Waals surface area contributed by atoms with Crippen molar-refractivity contribution in [3.63, 3.8) is 0 Å². The van der Waals surface area contributed by atoms with E-state index in [0.29, 0.717) is 30.0 Å². The molecular weight excluding hydrogens is 414 g/mol. The SMILES string of the molecule is Cn1cc(-c2cnn3c(N)cc([C@H]4CC[C@@H](C(=O)O)N(C(=O)OC(C)(C)C)C4)nc23)cn1. The van der Waals surface area contributed by atoms with E-state index >= 15 is 0 Å². The number of piperidine rings is 1. The lowest BCUT2D eigenvalue weighted by Gasteiger charge is -2.38. The molecule has 11 heteroatoms. The van der Waals surface area contributed by atoms with Gasteiger partial charge in [-0.1, -0.05) is 0 Å². The van der Waals surface area contributed by atoms with Crippen LogP contribution in [0.4, 0.5) is 10.6 Å². The molecule has 1 amide bonds. The van der Waals surface area contributed by atoms with E-state index in [1.54, 1.807) is 48.4 Å². The van der Waals surface area contributed by atoms with E-state index in [9.17, 15) is 14.7 Å². The van der Waals surface area contributed by atoms with Gasteiger partial charge < -0.3 is 15.6 Å². The molecule has 0 aromatic carbocycles. The summed E-state index contributed by atoms with van der Waals surface area (Å²) in [6, 6.07) is 0.787. The molecule has 11 nitrogen and oxygen atoms in total. The summed E-state index contributed by atoms with van der Waals surface area (Å²) in [6.07, 6.45) is 5.47. The van der Waals surface area contributed by atoms with E-state index in [1.165, 1.54) is 4.90 Å². The number of carbonyl (C=O) groups excluding carboxylic acids is 1. The van der Waals surface area contributed by atoms with Crippen LogP contribution >= 0.6 is 0 Å². The molecular formula is C21H27N7O4. The Hall–Kier alpha value is -3.63. The van der Waals surface area contributed by atoms with Gasteiger partial charge in [0.25, 0.3) is 0 Å². The van der Waals surface area contributed by atoms with Crippen molar-refractivity contribution in [1.82, 2.24) is 29.3 Å². The van der Waals surface area contributed by atoms with E-state index < -0.39 is 23.7 Å². The predicted octanol–water partition coefficient (Wildman–Crippen LogP) is 2.28. The standard InChI is InChI=1S/C21H27N7O4/c1-21(2,3)32-20(31)27-11-12(5-6-16(27)19(29)30)15-7-17(22)28-18(25-15)14(9-24-28)13-8-23-26(4)10-13/h7-10,12,16H,5-6,11,22H2,1-4H3,(H,29,30)/t12-,16-/m0/s1. The zero-order chi connectivity index (χ0) is 23.2. The number of nitrogens with two attached hydrogens (primary N) is 1. The molecule has 2 atom stereocenters. The minimum Gasteiger partial charge on any atom is -0.480 e. The number of hydrogen-bond acceptors (Lipinski definition) is 7. The second-order valence-corrected chi connectivity index (χ2v) is 9.06. The fourth-order valence-corrected chi connectivity index (χ4v) is 3.97. The summed E-state index contributed by atoms with van der Waals surface area (Å²) < 4.78 is 8.71. The molecule has 0 bridgehead atoms. The van der Waals surface area contributed by atoms with Gasteiger partial charge in [-0.15, -0.1) is 0 Å². The lowest BCUT2D eigenvalue weighted by molar-refractivity contribution is -0.144. The number of carboxylic acid groups (broad SMARTS) is 1. The Kier molecular flexibility index (Phi) is 5.27. The molecule has 0 aliphatic carbocycles. The van der Waals surface area contributed by atoms with Crippen LogP contribution in [0.25, 0.3) is 16.8 Å². The number of aliphatic carboxylic acids is 1. The molecule has 1 fully saturated rings. The zero-order valence-corrected chi connectivity index (χ0v) is 18.5. The maximum Gasteiger partial charge on any atom is 0.411 e. The first-order valence-corrected chi connectivity index (χ1v) is 10.4. The second-order valence-electron chi connectivity index (χ2n) is 9.06. The van der Waals surface area contributed by atoms with Gasteiger partial charge in [-0.2, -0.15) is 14.7 Å². The number of rotatable bonds is 3. The summed E-state index contributed by atoms with van der Waals surface area (Å²) in [5.74, 6) is -0.835. The fourth-order valence-electron chi connectivity index (χ4n) is 3.97. The van der Waals surface area contributed by atoms with Crippen molar-refractivity contribution in [2.75, 3.05) is 12.3 Å². The second kappa shape index (κ2) is 7.81. The van der Waals surface area contributed by atoms with Crippen molar-refractivity contribution >= 4 is 23.5 Å². The number of hydrogen-bond donors (Lipinski definition) is 2. The van der Waals surface area contributed by atoms with E-state index in [2.05, 4.69) is 10.2 Å². The zero-order valence-electron chi connectivity index (χ0n) is 18.5. The normalized spacial score (nSPS) is 19.3. The van der Waals surface area contributed by atoms with E-state index in [-0.39, 0.29) is 12.5 Å². The fraction of sp³-hybridized carbons (Fsp3) is 0.476. The minimum absolute atomic E-state index is 0.171. The molecule has 32 heavy (non-hydrogen) atoms. The van der Waals surface area contributed by atoms with Crippen LogP contribution in [-0.2, 0) is 16.6 Å². The van der Waals surface area contributed by atoms with Crippen molar-refractivity contribution in [3.05, 3.63) is 30.4 Å². The third kappa shape index (κ3) is 4.10. The van der Waals surface area contributed by atoms with Gasteiger partial charge in [-0.05, 0) is 33.6 Å². The average molecular weight is 441 g/mol. The number of nitrogen functional groups attached to an aromatic ring is 1. The highest BCUT2D eigenvalue weighted by Crippen LogP contribution is 2.33. The van der Waals surface area contributed by atoms with Crippen molar-refractivity contribution in [1.29, 1.82) is 0 Å². The average Bonchev–Trinajstić information content (AvgIpc) is 3.32. The Morgan fingerprint density at radius 1 is 1.22 bits per heavy atom. The van der Waals surface area contributed by atoms with Gasteiger partial charge in [0, 0.05) is 42.9 Å². The topological polar surface area (TPSA) is 141 Å². The van der Waals surface area contributed by atoms with Gasteiger partial charge in [0.05, 0.1) is 18.1 Å². The highest BCUT2D eigenvalue weighted by Gasteiger charge is 2.39. The number of nitrogens with zero attached hydrogens (tertiary/aromatic N) is 6. The van der Waals surface area contributed by atoms with Crippen LogP contribution in [0, 0.1) is 0 Å². The molecule has 4 rings (SSSR count). The largest absolute Gasteiger partial charge is 0.480 e. The maximum atomic E-state index is 12.8. The Balaban J connectivity index is 1.69. The first kappa shape index (κ1) is 21.6. The highest BCUT2D eigenvalue weighted by atomic mass is 16.6. The maximum absolute atomic E-state index is 12.8. The molecule has 1 saturated heterocycles. The van der Waals surface area contributed by atoms with E-state index in [1.807, 2.05) is 13.2 Å². The molecule has 3 aromatic heterocycles. The minimum atomic E-state index is -1.05. The summed E-state index contributed by atoms with van der Waals surface area (Å²) >= 11 is 0. The van der Waals surface area contributed by atoms with Gasteiger partial charge in [0.15, 0.2) is 5.65 Å². The Morgan fingerprint density at radius 2 is 1.97 bits per heavy atom. The van der Waals surface area contributed by atoms with Crippen molar-refractivity contribution in [2.24, 2.45) is 7.05 Å². The Morgan fingerprint density at radius 3 is 2.59 bits per heavy atom. The van der Waals surface area contributed by atoms with Crippen LogP contribution in [0.3, 0.4) is 0 Å². The number of ether oxygens (including phenoxy) is 1. The number of amides is 1. The molecule has 0 unspecified atom stereocenters. The quantitative estimate of drug-likeness (QED) is 0.631. The summed E-state index contributed by atoms with van der Waals surface area (Å²) in [6.45, 7) is 5.42. The molecule has 0 spiro atoms. The number of aryl methyl sites for hydroxylation is 1. The van der Waals surface area contributed by atoms with Crippen LogP contribution in [0.1, 0.15) is 45.2 Å². The van der Waals surface area contributed by atoms with Crippen LogP contribution < -0.4 is 5.73 Å². The number of anilines is 1. The predicted molar refractivity (Wildman–Crippen MR) is 116 cm³/mol. The van der Waals surface area contributed by atoms with Gasteiger partial charge >= 0.3 is 12.1 Å².